The topological polar surface area (TPSA) is 35.5 Å². The van der Waals surface area contributed by atoms with Gasteiger partial charge < -0.3 is 9.47 Å². The van der Waals surface area contributed by atoms with Gasteiger partial charge in [-0.2, -0.15) is 0 Å². The number of hydrogen-bond acceptors (Lipinski definition) is 3. The Labute approximate surface area is 52.8 Å². The zero-order valence-corrected chi connectivity index (χ0v) is 5.33. The molecule has 1 atom stereocenters. The number of methoxy groups -OCH3 is 2. The van der Waals surface area contributed by atoms with Crippen LogP contribution in [0.4, 0.5) is 4.39 Å². The van der Waals surface area contributed by atoms with E-state index in [9.17, 15) is 9.18 Å². The Balaban J connectivity index is 3.63. The second-order valence-electron chi connectivity index (χ2n) is 1.42. The standard InChI is InChI=1S/C5H9FO3/c1-8-5(9-2)4(6)3-7/h3-5H,1-2H3. The summed E-state index contributed by atoms with van der Waals surface area (Å²) in [5, 5.41) is 0. The molecule has 4 heteroatoms. The molecule has 3 nitrogen and oxygen atoms in total. The highest BCUT2D eigenvalue weighted by Gasteiger charge is 2.17. The Bertz CT molecular complexity index is 82.3. The summed E-state index contributed by atoms with van der Waals surface area (Å²) in [6.45, 7) is 0. The summed E-state index contributed by atoms with van der Waals surface area (Å²) in [7, 11) is 2.54. The number of halogens is 1. The van der Waals surface area contributed by atoms with E-state index in [4.69, 9.17) is 0 Å². The van der Waals surface area contributed by atoms with Gasteiger partial charge in [0.2, 0.25) is 6.17 Å². The molecule has 54 valence electrons. The van der Waals surface area contributed by atoms with Gasteiger partial charge in [0, 0.05) is 14.2 Å². The van der Waals surface area contributed by atoms with Gasteiger partial charge in [-0.1, -0.05) is 0 Å². The quantitative estimate of drug-likeness (QED) is 0.407. The molecule has 0 aliphatic rings. The van der Waals surface area contributed by atoms with E-state index in [2.05, 4.69) is 9.47 Å². The van der Waals surface area contributed by atoms with Crippen molar-refractivity contribution < 1.29 is 18.7 Å². The Morgan fingerprint density at radius 1 is 1.44 bits per heavy atom. The first-order valence-electron chi connectivity index (χ1n) is 2.41. The summed E-state index contributed by atoms with van der Waals surface area (Å²) in [4.78, 5) is 9.73. The fourth-order valence-electron chi connectivity index (χ4n) is 0.420. The fourth-order valence-corrected chi connectivity index (χ4v) is 0.420. The first kappa shape index (κ1) is 8.52. The van der Waals surface area contributed by atoms with E-state index in [1.165, 1.54) is 14.2 Å². The van der Waals surface area contributed by atoms with E-state index in [1.54, 1.807) is 0 Å². The lowest BCUT2D eigenvalue weighted by molar-refractivity contribution is -0.151. The van der Waals surface area contributed by atoms with Crippen LogP contribution in [-0.2, 0) is 14.3 Å². The van der Waals surface area contributed by atoms with Crippen LogP contribution >= 0.6 is 0 Å². The Kier molecular flexibility index (Phi) is 4.17. The van der Waals surface area contributed by atoms with Crippen LogP contribution in [0.25, 0.3) is 0 Å². The molecule has 0 radical (unpaired) electrons. The highest BCUT2D eigenvalue weighted by atomic mass is 19.1. The molecule has 0 aromatic carbocycles. The van der Waals surface area contributed by atoms with Crippen molar-refractivity contribution >= 4 is 6.29 Å². The third-order valence-corrected chi connectivity index (χ3v) is 0.855. The number of aldehydes is 1. The van der Waals surface area contributed by atoms with Crippen LogP contribution in [0.3, 0.4) is 0 Å². The lowest BCUT2D eigenvalue weighted by atomic mass is 10.4. The van der Waals surface area contributed by atoms with Crippen LogP contribution in [0, 0.1) is 0 Å². The third-order valence-electron chi connectivity index (χ3n) is 0.855. The monoisotopic (exact) mass is 136 g/mol. The smallest absolute Gasteiger partial charge is 0.205 e. The first-order valence-corrected chi connectivity index (χ1v) is 2.41. The summed E-state index contributed by atoms with van der Waals surface area (Å²) in [6.07, 6.45) is -2.62. The van der Waals surface area contributed by atoms with Gasteiger partial charge in [0.25, 0.3) is 0 Å². The predicted octanol–water partition coefficient (Wildman–Crippen LogP) is 0.142. The van der Waals surface area contributed by atoms with E-state index in [0.717, 1.165) is 0 Å². The molecular weight excluding hydrogens is 127 g/mol. The predicted molar refractivity (Wildman–Crippen MR) is 28.8 cm³/mol. The second kappa shape index (κ2) is 4.40. The summed E-state index contributed by atoms with van der Waals surface area (Å²) in [5.74, 6) is 0. The van der Waals surface area contributed by atoms with Gasteiger partial charge >= 0.3 is 0 Å². The molecule has 0 aliphatic carbocycles. The highest BCUT2D eigenvalue weighted by molar-refractivity contribution is 5.56. The maximum absolute atomic E-state index is 12.2. The van der Waals surface area contributed by atoms with E-state index in [0.29, 0.717) is 0 Å². The lowest BCUT2D eigenvalue weighted by Gasteiger charge is -2.12. The minimum Gasteiger partial charge on any atom is -0.353 e. The molecule has 0 saturated heterocycles. The van der Waals surface area contributed by atoms with Crippen LogP contribution < -0.4 is 0 Å². The number of hydrogen-bond donors (Lipinski definition) is 0. The molecule has 0 spiro atoms. The summed E-state index contributed by atoms with van der Waals surface area (Å²) in [5.41, 5.74) is 0. The van der Waals surface area contributed by atoms with Crippen LogP contribution in [0.5, 0.6) is 0 Å². The summed E-state index contributed by atoms with van der Waals surface area (Å²) in [6, 6.07) is 0. The SMILES string of the molecule is COC(OC)C(F)C=O. The van der Waals surface area contributed by atoms with Crippen molar-refractivity contribution in [3.05, 3.63) is 0 Å². The van der Waals surface area contributed by atoms with Gasteiger partial charge in [-0.05, 0) is 0 Å². The molecule has 0 aliphatic heterocycles. The molecule has 9 heavy (non-hydrogen) atoms. The molecule has 0 N–H and O–H groups in total. The highest BCUT2D eigenvalue weighted by Crippen LogP contribution is 1.99. The van der Waals surface area contributed by atoms with Gasteiger partial charge in [0.15, 0.2) is 12.6 Å². The van der Waals surface area contributed by atoms with Gasteiger partial charge in [-0.15, -0.1) is 0 Å². The summed E-state index contributed by atoms with van der Waals surface area (Å²) < 4.78 is 21.0. The average molecular weight is 136 g/mol. The van der Waals surface area contributed by atoms with Crippen LogP contribution in [0.1, 0.15) is 0 Å². The largest absolute Gasteiger partial charge is 0.353 e. The molecule has 0 saturated carbocycles. The van der Waals surface area contributed by atoms with Crippen molar-refractivity contribution in [1.29, 1.82) is 0 Å². The van der Waals surface area contributed by atoms with Gasteiger partial charge in [-0.25, -0.2) is 4.39 Å². The molecule has 0 heterocycles. The third kappa shape index (κ3) is 2.53. The molecule has 0 aromatic rings. The van der Waals surface area contributed by atoms with Crippen molar-refractivity contribution in [3.63, 3.8) is 0 Å². The normalized spacial score (nSPS) is 13.8. The number of ether oxygens (including phenoxy) is 2. The molecule has 0 aromatic heterocycles. The summed E-state index contributed by atoms with van der Waals surface area (Å²) >= 11 is 0. The minimum absolute atomic E-state index is 0.137. The Morgan fingerprint density at radius 2 is 1.89 bits per heavy atom. The first-order chi connectivity index (χ1) is 4.26. The van der Waals surface area contributed by atoms with Crippen molar-refractivity contribution in [1.82, 2.24) is 0 Å². The van der Waals surface area contributed by atoms with Gasteiger partial charge in [0.1, 0.15) is 0 Å². The maximum atomic E-state index is 12.2. The number of alkyl halides is 1. The van der Waals surface area contributed by atoms with E-state index < -0.39 is 12.5 Å². The molecule has 0 bridgehead atoms. The zero-order chi connectivity index (χ0) is 7.28. The number of rotatable bonds is 4. The number of carbonyl (C=O) groups excluding carboxylic acids is 1. The fraction of sp³-hybridized carbons (Fsp3) is 0.800. The maximum Gasteiger partial charge on any atom is 0.205 e. The van der Waals surface area contributed by atoms with E-state index in [1.807, 2.05) is 0 Å². The molecule has 0 amide bonds. The van der Waals surface area contributed by atoms with Crippen molar-refractivity contribution in [2.24, 2.45) is 0 Å². The van der Waals surface area contributed by atoms with Crippen molar-refractivity contribution in [3.8, 4) is 0 Å². The average Bonchev–Trinajstić information content (AvgIpc) is 1.90. The number of carbonyl (C=O) groups is 1. The molecule has 1 unspecified atom stereocenters. The molecule has 0 rings (SSSR count). The van der Waals surface area contributed by atoms with Crippen molar-refractivity contribution in [2.45, 2.75) is 12.5 Å². The molecular formula is C5H9FO3. The zero-order valence-electron chi connectivity index (χ0n) is 5.33. The van der Waals surface area contributed by atoms with Crippen LogP contribution in [0.2, 0.25) is 0 Å². The lowest BCUT2D eigenvalue weighted by Crippen LogP contribution is -2.27. The van der Waals surface area contributed by atoms with Gasteiger partial charge in [0.05, 0.1) is 0 Å². The second-order valence-corrected chi connectivity index (χ2v) is 1.42. The molecule has 0 fully saturated rings. The Morgan fingerprint density at radius 3 is 2.00 bits per heavy atom. The van der Waals surface area contributed by atoms with Gasteiger partial charge in [-0.3, -0.25) is 4.79 Å². The van der Waals surface area contributed by atoms with Crippen LogP contribution in [-0.4, -0.2) is 33.0 Å². The minimum atomic E-state index is -1.69. The Hall–Kier alpha value is -0.480. The van der Waals surface area contributed by atoms with E-state index in [-0.39, 0.29) is 6.29 Å². The van der Waals surface area contributed by atoms with Crippen LogP contribution in [0.15, 0.2) is 0 Å². The van der Waals surface area contributed by atoms with E-state index >= 15 is 0 Å². The van der Waals surface area contributed by atoms with Crippen molar-refractivity contribution in [2.75, 3.05) is 14.2 Å².